The minimum atomic E-state index is 0. The summed E-state index contributed by atoms with van der Waals surface area (Å²) in [6.07, 6.45) is 4.96. The molecule has 2 aromatic carbocycles. The van der Waals surface area contributed by atoms with E-state index in [-0.39, 0.29) is 12.4 Å². The standard InChI is InChI=1S/C24H30N4O.ClH/c1-17-7-3-4-9-20(17)16-28-24(18-11-13-21(25)14-12-18)26-23(27-28)15-19-8-5-6-10-22(19)29-2;/h3-10,18,21H,11-16,25H2,1-2H3;1H. The molecule has 1 aliphatic rings. The third-order valence-corrected chi connectivity index (χ3v) is 6.00. The first-order valence-corrected chi connectivity index (χ1v) is 10.5. The van der Waals surface area contributed by atoms with Gasteiger partial charge in [-0.3, -0.25) is 0 Å². The molecule has 30 heavy (non-hydrogen) atoms. The van der Waals surface area contributed by atoms with Crippen LogP contribution in [0.5, 0.6) is 5.75 Å². The summed E-state index contributed by atoms with van der Waals surface area (Å²) < 4.78 is 7.64. The van der Waals surface area contributed by atoms with Gasteiger partial charge < -0.3 is 10.5 Å². The van der Waals surface area contributed by atoms with Gasteiger partial charge in [-0.1, -0.05) is 42.5 Å². The fourth-order valence-corrected chi connectivity index (χ4v) is 4.24. The van der Waals surface area contributed by atoms with Crippen molar-refractivity contribution in [1.82, 2.24) is 14.8 Å². The molecule has 1 heterocycles. The molecule has 3 aromatic rings. The molecule has 1 fully saturated rings. The van der Waals surface area contributed by atoms with Crippen molar-refractivity contribution in [1.29, 1.82) is 0 Å². The number of nitrogens with zero attached hydrogens (tertiary/aromatic N) is 3. The number of nitrogens with two attached hydrogens (primary N) is 1. The molecule has 1 aromatic heterocycles. The zero-order chi connectivity index (χ0) is 20.2. The van der Waals surface area contributed by atoms with Gasteiger partial charge in [0.2, 0.25) is 0 Å². The van der Waals surface area contributed by atoms with Crippen LogP contribution in [-0.4, -0.2) is 27.9 Å². The first kappa shape index (κ1) is 22.3. The second-order valence-electron chi connectivity index (χ2n) is 8.07. The lowest BCUT2D eigenvalue weighted by Gasteiger charge is -2.25. The molecule has 1 saturated carbocycles. The van der Waals surface area contributed by atoms with Gasteiger partial charge in [0, 0.05) is 23.9 Å². The Hall–Kier alpha value is -2.37. The monoisotopic (exact) mass is 426 g/mol. The number of rotatable bonds is 6. The van der Waals surface area contributed by atoms with Gasteiger partial charge in [0.15, 0.2) is 5.82 Å². The molecule has 0 amide bonds. The first-order chi connectivity index (χ1) is 14.1. The average molecular weight is 427 g/mol. The number of aromatic nitrogens is 3. The zero-order valence-corrected chi connectivity index (χ0v) is 18.6. The minimum Gasteiger partial charge on any atom is -0.496 e. The number of para-hydroxylation sites is 1. The molecular weight excluding hydrogens is 396 g/mol. The van der Waals surface area contributed by atoms with E-state index in [2.05, 4.69) is 41.9 Å². The Morgan fingerprint density at radius 2 is 1.67 bits per heavy atom. The number of benzene rings is 2. The van der Waals surface area contributed by atoms with E-state index < -0.39 is 0 Å². The maximum atomic E-state index is 6.14. The molecular formula is C24H31ClN4O. The summed E-state index contributed by atoms with van der Waals surface area (Å²) in [5.41, 5.74) is 9.82. The maximum Gasteiger partial charge on any atom is 0.155 e. The predicted molar refractivity (Wildman–Crippen MR) is 123 cm³/mol. The highest BCUT2D eigenvalue weighted by Crippen LogP contribution is 2.32. The molecule has 0 spiro atoms. The number of hydrogen-bond acceptors (Lipinski definition) is 4. The molecule has 5 nitrogen and oxygen atoms in total. The first-order valence-electron chi connectivity index (χ1n) is 10.5. The third kappa shape index (κ3) is 5.02. The van der Waals surface area contributed by atoms with Gasteiger partial charge in [0.1, 0.15) is 11.6 Å². The topological polar surface area (TPSA) is 66.0 Å². The second kappa shape index (κ2) is 10.1. The summed E-state index contributed by atoms with van der Waals surface area (Å²) in [6.45, 7) is 2.91. The highest BCUT2D eigenvalue weighted by molar-refractivity contribution is 5.85. The van der Waals surface area contributed by atoms with Crippen molar-refractivity contribution >= 4 is 12.4 Å². The van der Waals surface area contributed by atoms with E-state index in [1.807, 2.05) is 18.2 Å². The average Bonchev–Trinajstić information content (AvgIpc) is 3.13. The van der Waals surface area contributed by atoms with Crippen LogP contribution >= 0.6 is 12.4 Å². The van der Waals surface area contributed by atoms with Crippen LogP contribution in [0.3, 0.4) is 0 Å². The van der Waals surface area contributed by atoms with Crippen molar-refractivity contribution in [2.45, 2.75) is 57.5 Å². The molecule has 0 unspecified atom stereocenters. The van der Waals surface area contributed by atoms with Crippen LogP contribution in [0.2, 0.25) is 0 Å². The molecule has 1 aliphatic carbocycles. The van der Waals surface area contributed by atoms with Crippen molar-refractivity contribution in [3.05, 3.63) is 76.9 Å². The molecule has 2 N–H and O–H groups in total. The van der Waals surface area contributed by atoms with Crippen LogP contribution in [0.4, 0.5) is 0 Å². The van der Waals surface area contributed by atoms with Crippen LogP contribution in [0, 0.1) is 6.92 Å². The highest BCUT2D eigenvalue weighted by atomic mass is 35.5. The van der Waals surface area contributed by atoms with E-state index in [9.17, 15) is 0 Å². The molecule has 0 radical (unpaired) electrons. The van der Waals surface area contributed by atoms with E-state index >= 15 is 0 Å². The van der Waals surface area contributed by atoms with Crippen molar-refractivity contribution in [3.63, 3.8) is 0 Å². The summed E-state index contributed by atoms with van der Waals surface area (Å²) in [6, 6.07) is 16.9. The molecule has 0 aliphatic heterocycles. The normalized spacial score (nSPS) is 18.6. The van der Waals surface area contributed by atoms with Crippen LogP contribution in [-0.2, 0) is 13.0 Å². The van der Waals surface area contributed by atoms with Crippen LogP contribution in [0.25, 0.3) is 0 Å². The Morgan fingerprint density at radius 3 is 2.37 bits per heavy atom. The fraction of sp³-hybridized carbons (Fsp3) is 0.417. The van der Waals surface area contributed by atoms with Gasteiger partial charge in [-0.05, 0) is 49.8 Å². The third-order valence-electron chi connectivity index (χ3n) is 6.00. The Bertz CT molecular complexity index is 963. The smallest absolute Gasteiger partial charge is 0.155 e. The van der Waals surface area contributed by atoms with Crippen molar-refractivity contribution in [2.24, 2.45) is 5.73 Å². The van der Waals surface area contributed by atoms with E-state index in [0.717, 1.165) is 55.2 Å². The number of hydrogen-bond donors (Lipinski definition) is 1. The summed E-state index contributed by atoms with van der Waals surface area (Å²) in [7, 11) is 1.71. The van der Waals surface area contributed by atoms with Gasteiger partial charge in [-0.25, -0.2) is 9.67 Å². The van der Waals surface area contributed by atoms with E-state index in [1.54, 1.807) is 7.11 Å². The Morgan fingerprint density at radius 1 is 1.00 bits per heavy atom. The van der Waals surface area contributed by atoms with Gasteiger partial charge in [-0.15, -0.1) is 12.4 Å². The van der Waals surface area contributed by atoms with Gasteiger partial charge in [0.05, 0.1) is 13.7 Å². The molecule has 0 bridgehead atoms. The number of methoxy groups -OCH3 is 1. The van der Waals surface area contributed by atoms with Crippen LogP contribution < -0.4 is 10.5 Å². The highest BCUT2D eigenvalue weighted by Gasteiger charge is 2.26. The van der Waals surface area contributed by atoms with Crippen LogP contribution in [0.15, 0.2) is 48.5 Å². The Labute approximate surface area is 185 Å². The second-order valence-corrected chi connectivity index (χ2v) is 8.07. The van der Waals surface area contributed by atoms with E-state index in [0.29, 0.717) is 18.4 Å². The van der Waals surface area contributed by atoms with E-state index in [4.69, 9.17) is 20.6 Å². The fourth-order valence-electron chi connectivity index (χ4n) is 4.24. The SMILES string of the molecule is COc1ccccc1Cc1nc(C2CCC(N)CC2)n(Cc2ccccc2C)n1.Cl. The molecule has 160 valence electrons. The van der Waals surface area contributed by atoms with E-state index in [1.165, 1.54) is 11.1 Å². The summed E-state index contributed by atoms with van der Waals surface area (Å²) in [5, 5.41) is 4.93. The zero-order valence-electron chi connectivity index (χ0n) is 17.8. The number of ether oxygens (including phenoxy) is 1. The summed E-state index contributed by atoms with van der Waals surface area (Å²) >= 11 is 0. The summed E-state index contributed by atoms with van der Waals surface area (Å²) in [5.74, 6) is 3.27. The molecule has 0 saturated heterocycles. The van der Waals surface area contributed by atoms with Gasteiger partial charge >= 0.3 is 0 Å². The van der Waals surface area contributed by atoms with Gasteiger partial charge in [0.25, 0.3) is 0 Å². The molecule has 6 heteroatoms. The molecule has 4 rings (SSSR count). The van der Waals surface area contributed by atoms with Gasteiger partial charge in [-0.2, -0.15) is 5.10 Å². The largest absolute Gasteiger partial charge is 0.496 e. The molecule has 0 atom stereocenters. The predicted octanol–water partition coefficient (Wildman–Crippen LogP) is 4.64. The summed E-state index contributed by atoms with van der Waals surface area (Å²) in [4.78, 5) is 5.01. The van der Waals surface area contributed by atoms with Crippen LogP contribution in [0.1, 0.15) is 59.9 Å². The number of aryl methyl sites for hydroxylation is 1. The van der Waals surface area contributed by atoms with Crippen molar-refractivity contribution in [3.8, 4) is 5.75 Å². The quantitative estimate of drug-likeness (QED) is 0.623. The van der Waals surface area contributed by atoms with Crippen molar-refractivity contribution < 1.29 is 4.74 Å². The maximum absolute atomic E-state index is 6.14. The Kier molecular flexibility index (Phi) is 7.51. The lowest BCUT2D eigenvalue weighted by Crippen LogP contribution is -2.27. The number of halogens is 1. The minimum absolute atomic E-state index is 0. The van der Waals surface area contributed by atoms with Crippen molar-refractivity contribution in [2.75, 3.05) is 7.11 Å². The lowest BCUT2D eigenvalue weighted by atomic mass is 9.86. The Balaban J connectivity index is 0.00000256. The lowest BCUT2D eigenvalue weighted by molar-refractivity contribution is 0.374.